The highest BCUT2D eigenvalue weighted by Gasteiger charge is 2.38. The average Bonchev–Trinajstić information content (AvgIpc) is 2.24. The molecule has 0 aromatic rings. The zero-order valence-corrected chi connectivity index (χ0v) is 11.0. The van der Waals surface area contributed by atoms with Gasteiger partial charge in [-0.1, -0.05) is 20.8 Å². The minimum Gasteiger partial charge on any atom is -0.469 e. The Morgan fingerprint density at radius 2 is 2.12 bits per heavy atom. The Morgan fingerprint density at radius 1 is 1.44 bits per heavy atom. The predicted molar refractivity (Wildman–Crippen MR) is 65.2 cm³/mol. The second-order valence-electron chi connectivity index (χ2n) is 5.26. The van der Waals surface area contributed by atoms with E-state index in [0.29, 0.717) is 12.3 Å². The highest BCUT2D eigenvalue weighted by atomic mass is 16.5. The molecule has 1 saturated carbocycles. The Morgan fingerprint density at radius 3 is 2.62 bits per heavy atom. The van der Waals surface area contributed by atoms with Crippen LogP contribution in [0.4, 0.5) is 0 Å². The summed E-state index contributed by atoms with van der Waals surface area (Å²) < 4.78 is 4.81. The molecule has 0 radical (unpaired) electrons. The van der Waals surface area contributed by atoms with Crippen LogP contribution < -0.4 is 5.32 Å². The van der Waals surface area contributed by atoms with Gasteiger partial charge in [-0.05, 0) is 37.6 Å². The third-order valence-electron chi connectivity index (χ3n) is 4.02. The number of hydrogen-bond acceptors (Lipinski definition) is 3. The topological polar surface area (TPSA) is 38.3 Å². The molecule has 0 heterocycles. The van der Waals surface area contributed by atoms with Gasteiger partial charge in [0.1, 0.15) is 0 Å². The summed E-state index contributed by atoms with van der Waals surface area (Å²) in [6.45, 7) is 7.60. The predicted octanol–water partition coefficient (Wildman–Crippen LogP) is 2.35. The van der Waals surface area contributed by atoms with Crippen molar-refractivity contribution in [2.45, 2.75) is 52.0 Å². The van der Waals surface area contributed by atoms with Crippen molar-refractivity contribution in [1.82, 2.24) is 5.32 Å². The maximum Gasteiger partial charge on any atom is 0.307 e. The van der Waals surface area contributed by atoms with Gasteiger partial charge < -0.3 is 10.1 Å². The number of rotatable bonds is 4. The molecule has 16 heavy (non-hydrogen) atoms. The molecule has 0 aromatic carbocycles. The van der Waals surface area contributed by atoms with Crippen molar-refractivity contribution in [2.75, 3.05) is 13.7 Å². The standard InChI is InChI=1S/C13H25NO2/c1-5-14-13(9-12(15)16-4)7-6-10(2)11(3)8-13/h10-11,14H,5-9H2,1-4H3. The van der Waals surface area contributed by atoms with E-state index in [4.69, 9.17) is 4.74 Å². The van der Waals surface area contributed by atoms with Gasteiger partial charge in [0.15, 0.2) is 0 Å². The Hall–Kier alpha value is -0.570. The Labute approximate surface area is 98.9 Å². The molecule has 0 bridgehead atoms. The van der Waals surface area contributed by atoms with E-state index >= 15 is 0 Å². The molecule has 94 valence electrons. The van der Waals surface area contributed by atoms with Gasteiger partial charge in [-0.15, -0.1) is 0 Å². The van der Waals surface area contributed by atoms with Crippen molar-refractivity contribution in [1.29, 1.82) is 0 Å². The van der Waals surface area contributed by atoms with Crippen LogP contribution in [0.5, 0.6) is 0 Å². The van der Waals surface area contributed by atoms with Crippen molar-refractivity contribution in [3.05, 3.63) is 0 Å². The van der Waals surface area contributed by atoms with Gasteiger partial charge in [-0.25, -0.2) is 0 Å². The first-order valence-corrected chi connectivity index (χ1v) is 6.35. The normalized spacial score (nSPS) is 34.8. The number of carbonyl (C=O) groups excluding carboxylic acids is 1. The number of esters is 1. The van der Waals surface area contributed by atoms with Crippen molar-refractivity contribution >= 4 is 5.97 Å². The summed E-state index contributed by atoms with van der Waals surface area (Å²) in [5, 5.41) is 3.51. The first-order chi connectivity index (χ1) is 7.53. The van der Waals surface area contributed by atoms with Crippen LogP contribution in [0.3, 0.4) is 0 Å². The lowest BCUT2D eigenvalue weighted by molar-refractivity contribution is -0.143. The van der Waals surface area contributed by atoms with Crippen LogP contribution in [0.25, 0.3) is 0 Å². The average molecular weight is 227 g/mol. The second-order valence-corrected chi connectivity index (χ2v) is 5.26. The quantitative estimate of drug-likeness (QED) is 0.749. The lowest BCUT2D eigenvalue weighted by atomic mass is 9.70. The Balaban J connectivity index is 2.69. The van der Waals surface area contributed by atoms with Crippen LogP contribution in [-0.2, 0) is 9.53 Å². The molecule has 0 saturated heterocycles. The van der Waals surface area contributed by atoms with Crippen LogP contribution in [-0.4, -0.2) is 25.2 Å². The fourth-order valence-electron chi connectivity index (χ4n) is 2.82. The monoisotopic (exact) mass is 227 g/mol. The summed E-state index contributed by atoms with van der Waals surface area (Å²) >= 11 is 0. The van der Waals surface area contributed by atoms with Crippen molar-refractivity contribution in [3.63, 3.8) is 0 Å². The van der Waals surface area contributed by atoms with Crippen LogP contribution in [0.2, 0.25) is 0 Å². The van der Waals surface area contributed by atoms with E-state index in [1.54, 1.807) is 0 Å². The maximum atomic E-state index is 11.5. The Kier molecular flexibility index (Phi) is 4.78. The molecule has 3 atom stereocenters. The zero-order valence-electron chi connectivity index (χ0n) is 11.0. The van der Waals surface area contributed by atoms with Gasteiger partial charge in [-0.2, -0.15) is 0 Å². The number of nitrogens with one attached hydrogen (secondary N) is 1. The summed E-state index contributed by atoms with van der Waals surface area (Å²) in [4.78, 5) is 11.5. The molecule has 1 rings (SSSR count). The third-order valence-corrected chi connectivity index (χ3v) is 4.02. The summed E-state index contributed by atoms with van der Waals surface area (Å²) in [6.07, 6.45) is 3.87. The van der Waals surface area contributed by atoms with Crippen LogP contribution in [0.1, 0.15) is 46.5 Å². The molecule has 1 aliphatic carbocycles. The third kappa shape index (κ3) is 3.21. The molecule has 1 aliphatic rings. The van der Waals surface area contributed by atoms with Crippen LogP contribution in [0.15, 0.2) is 0 Å². The summed E-state index contributed by atoms with van der Waals surface area (Å²) in [5.41, 5.74) is -0.0201. The number of methoxy groups -OCH3 is 1. The highest BCUT2D eigenvalue weighted by molar-refractivity contribution is 5.70. The van der Waals surface area contributed by atoms with Gasteiger partial charge in [0, 0.05) is 5.54 Å². The minimum atomic E-state index is -0.0947. The highest BCUT2D eigenvalue weighted by Crippen LogP contribution is 2.38. The molecular weight excluding hydrogens is 202 g/mol. The second kappa shape index (κ2) is 5.67. The van der Waals surface area contributed by atoms with E-state index in [1.807, 2.05) is 0 Å². The smallest absolute Gasteiger partial charge is 0.307 e. The summed E-state index contributed by atoms with van der Waals surface area (Å²) in [6, 6.07) is 0. The van der Waals surface area contributed by atoms with Gasteiger partial charge in [0.25, 0.3) is 0 Å². The van der Waals surface area contributed by atoms with E-state index < -0.39 is 0 Å². The molecule has 0 spiro atoms. The molecule has 1 N–H and O–H groups in total. The molecule has 3 heteroatoms. The largest absolute Gasteiger partial charge is 0.469 e. The summed E-state index contributed by atoms with van der Waals surface area (Å²) in [5.74, 6) is 1.35. The fourth-order valence-corrected chi connectivity index (χ4v) is 2.82. The lowest BCUT2D eigenvalue weighted by Crippen LogP contribution is -2.51. The van der Waals surface area contributed by atoms with E-state index in [-0.39, 0.29) is 11.5 Å². The van der Waals surface area contributed by atoms with Crippen LogP contribution in [0, 0.1) is 11.8 Å². The van der Waals surface area contributed by atoms with Gasteiger partial charge in [0.05, 0.1) is 13.5 Å². The SMILES string of the molecule is CCNC1(CC(=O)OC)CCC(C)C(C)C1. The van der Waals surface area contributed by atoms with Crippen molar-refractivity contribution in [3.8, 4) is 0 Å². The van der Waals surface area contributed by atoms with E-state index in [9.17, 15) is 4.79 Å². The van der Waals surface area contributed by atoms with Gasteiger partial charge >= 0.3 is 5.97 Å². The number of hydrogen-bond donors (Lipinski definition) is 1. The molecule has 3 nitrogen and oxygen atoms in total. The molecule has 0 aromatic heterocycles. The Bertz CT molecular complexity index is 242. The van der Waals surface area contributed by atoms with Crippen molar-refractivity contribution < 1.29 is 9.53 Å². The van der Waals surface area contributed by atoms with Gasteiger partial charge in [0.2, 0.25) is 0 Å². The van der Waals surface area contributed by atoms with E-state index in [0.717, 1.165) is 25.3 Å². The first kappa shape index (κ1) is 13.5. The van der Waals surface area contributed by atoms with Crippen molar-refractivity contribution in [2.24, 2.45) is 11.8 Å². The minimum absolute atomic E-state index is 0.0201. The number of carbonyl (C=O) groups is 1. The number of ether oxygens (including phenoxy) is 1. The maximum absolute atomic E-state index is 11.5. The van der Waals surface area contributed by atoms with E-state index in [1.165, 1.54) is 13.5 Å². The molecule has 0 aliphatic heterocycles. The molecule has 0 amide bonds. The summed E-state index contributed by atoms with van der Waals surface area (Å²) in [7, 11) is 1.47. The fraction of sp³-hybridized carbons (Fsp3) is 0.923. The molecular formula is C13H25NO2. The van der Waals surface area contributed by atoms with E-state index in [2.05, 4.69) is 26.1 Å². The zero-order chi connectivity index (χ0) is 12.2. The molecule has 1 fully saturated rings. The molecule has 3 unspecified atom stereocenters. The van der Waals surface area contributed by atoms with Crippen LogP contribution >= 0.6 is 0 Å². The lowest BCUT2D eigenvalue weighted by Gasteiger charge is -2.43. The first-order valence-electron chi connectivity index (χ1n) is 6.35. The van der Waals surface area contributed by atoms with Gasteiger partial charge in [-0.3, -0.25) is 4.79 Å².